The molecular weight excluding hydrogens is 244 g/mol. The van der Waals surface area contributed by atoms with Crippen molar-refractivity contribution in [3.05, 3.63) is 11.7 Å². The van der Waals surface area contributed by atoms with Gasteiger partial charge in [-0.3, -0.25) is 0 Å². The Morgan fingerprint density at radius 2 is 2.05 bits per heavy atom. The third-order valence-electron chi connectivity index (χ3n) is 4.09. The number of urea groups is 1. The zero-order chi connectivity index (χ0) is 13.2. The molecule has 0 atom stereocenters. The molecule has 0 radical (unpaired) electrons. The number of carbonyl (C=O) groups excluding carboxylic acids is 1. The van der Waals surface area contributed by atoms with Crippen LogP contribution in [-0.4, -0.2) is 40.2 Å². The fourth-order valence-electron chi connectivity index (χ4n) is 2.75. The number of nitrogens with zero attached hydrogens (tertiary/aromatic N) is 3. The number of aromatic nitrogens is 2. The van der Waals surface area contributed by atoms with Crippen LogP contribution in [0, 0.1) is 6.92 Å². The van der Waals surface area contributed by atoms with E-state index in [1.54, 1.807) is 0 Å². The topological polar surface area (TPSA) is 71.3 Å². The smallest absolute Gasteiger partial charge is 0.317 e. The van der Waals surface area contributed by atoms with Gasteiger partial charge in [0.05, 0.1) is 0 Å². The Morgan fingerprint density at radius 3 is 2.58 bits per heavy atom. The third-order valence-corrected chi connectivity index (χ3v) is 4.09. The van der Waals surface area contributed by atoms with Crippen LogP contribution in [0.4, 0.5) is 4.79 Å². The fraction of sp³-hybridized carbons (Fsp3) is 0.769. The van der Waals surface area contributed by atoms with Crippen molar-refractivity contribution in [2.24, 2.45) is 0 Å². The van der Waals surface area contributed by atoms with Crippen LogP contribution in [0.2, 0.25) is 0 Å². The molecule has 104 valence electrons. The van der Waals surface area contributed by atoms with Crippen LogP contribution >= 0.6 is 0 Å². The second-order valence-corrected chi connectivity index (χ2v) is 5.52. The predicted octanol–water partition coefficient (Wildman–Crippen LogP) is 1.82. The molecule has 2 heterocycles. The van der Waals surface area contributed by atoms with E-state index in [-0.39, 0.29) is 6.03 Å². The first-order chi connectivity index (χ1) is 9.22. The van der Waals surface area contributed by atoms with Crippen LogP contribution in [0.25, 0.3) is 0 Å². The highest BCUT2D eigenvalue weighted by atomic mass is 16.5. The van der Waals surface area contributed by atoms with Gasteiger partial charge >= 0.3 is 6.03 Å². The number of hydrogen-bond acceptors (Lipinski definition) is 4. The first-order valence-corrected chi connectivity index (χ1v) is 7.08. The average Bonchev–Trinajstić information content (AvgIpc) is 2.74. The average molecular weight is 264 g/mol. The molecule has 6 heteroatoms. The number of hydrogen-bond donors (Lipinski definition) is 1. The van der Waals surface area contributed by atoms with E-state index >= 15 is 0 Å². The standard InChI is InChI=1S/C13H20N4O2/c1-9-14-12(19-16-9)10-3-5-11(6-4-10)15-13(18)17-7-2-8-17/h10-11H,2-8H2,1H3,(H,15,18). The summed E-state index contributed by atoms with van der Waals surface area (Å²) in [5.41, 5.74) is 0. The lowest BCUT2D eigenvalue weighted by Crippen LogP contribution is -2.51. The fourth-order valence-corrected chi connectivity index (χ4v) is 2.75. The van der Waals surface area contributed by atoms with Crippen molar-refractivity contribution in [1.29, 1.82) is 0 Å². The van der Waals surface area contributed by atoms with Gasteiger partial charge in [0, 0.05) is 25.0 Å². The maximum absolute atomic E-state index is 11.8. The molecule has 1 aliphatic heterocycles. The second kappa shape index (κ2) is 5.19. The van der Waals surface area contributed by atoms with Crippen molar-refractivity contribution in [1.82, 2.24) is 20.4 Å². The van der Waals surface area contributed by atoms with Crippen LogP contribution in [0.1, 0.15) is 49.7 Å². The second-order valence-electron chi connectivity index (χ2n) is 5.52. The molecule has 19 heavy (non-hydrogen) atoms. The van der Waals surface area contributed by atoms with Gasteiger partial charge in [0.15, 0.2) is 5.82 Å². The maximum atomic E-state index is 11.8. The van der Waals surface area contributed by atoms with Gasteiger partial charge < -0.3 is 14.7 Å². The highest BCUT2D eigenvalue weighted by molar-refractivity contribution is 5.75. The third kappa shape index (κ3) is 2.72. The highest BCUT2D eigenvalue weighted by Crippen LogP contribution is 2.32. The van der Waals surface area contributed by atoms with E-state index in [1.807, 2.05) is 11.8 Å². The summed E-state index contributed by atoms with van der Waals surface area (Å²) in [5, 5.41) is 6.96. The highest BCUT2D eigenvalue weighted by Gasteiger charge is 2.28. The van der Waals surface area contributed by atoms with E-state index in [9.17, 15) is 4.79 Å². The molecule has 2 amide bonds. The van der Waals surface area contributed by atoms with Gasteiger partial charge in [-0.1, -0.05) is 5.16 Å². The first-order valence-electron chi connectivity index (χ1n) is 7.08. The molecule has 1 N–H and O–H groups in total. The van der Waals surface area contributed by atoms with Crippen molar-refractivity contribution in [3.8, 4) is 0 Å². The number of likely N-dealkylation sites (tertiary alicyclic amines) is 1. The largest absolute Gasteiger partial charge is 0.339 e. The lowest BCUT2D eigenvalue weighted by molar-refractivity contribution is 0.159. The van der Waals surface area contributed by atoms with Gasteiger partial charge in [-0.05, 0) is 39.0 Å². The van der Waals surface area contributed by atoms with Gasteiger partial charge in [-0.25, -0.2) is 4.79 Å². The minimum Gasteiger partial charge on any atom is -0.339 e. The molecule has 0 unspecified atom stereocenters. The lowest BCUT2D eigenvalue weighted by atomic mass is 9.86. The first kappa shape index (κ1) is 12.4. The number of carbonyl (C=O) groups is 1. The van der Waals surface area contributed by atoms with E-state index in [1.165, 1.54) is 0 Å². The summed E-state index contributed by atoms with van der Waals surface area (Å²) in [6.07, 6.45) is 5.13. The number of amides is 2. The number of nitrogens with one attached hydrogen (secondary N) is 1. The van der Waals surface area contributed by atoms with Crippen LogP contribution in [-0.2, 0) is 0 Å². The Labute approximate surface area is 112 Å². The molecule has 1 saturated heterocycles. The Morgan fingerprint density at radius 1 is 1.32 bits per heavy atom. The summed E-state index contributed by atoms with van der Waals surface area (Å²) in [6, 6.07) is 0.400. The van der Waals surface area contributed by atoms with Crippen LogP contribution in [0.5, 0.6) is 0 Å². The van der Waals surface area contributed by atoms with Gasteiger partial charge in [-0.15, -0.1) is 0 Å². The van der Waals surface area contributed by atoms with Gasteiger partial charge in [0.1, 0.15) is 0 Å². The molecule has 3 rings (SSSR count). The molecule has 2 fully saturated rings. The molecule has 6 nitrogen and oxygen atoms in total. The quantitative estimate of drug-likeness (QED) is 0.884. The SMILES string of the molecule is Cc1noc(C2CCC(NC(=O)N3CCC3)CC2)n1. The summed E-state index contributed by atoms with van der Waals surface area (Å²) in [5.74, 6) is 1.81. The summed E-state index contributed by atoms with van der Waals surface area (Å²) < 4.78 is 5.23. The summed E-state index contributed by atoms with van der Waals surface area (Å²) in [6.45, 7) is 3.65. The molecule has 2 aliphatic rings. The number of aryl methyl sites for hydroxylation is 1. The predicted molar refractivity (Wildman–Crippen MR) is 68.8 cm³/mol. The van der Waals surface area contributed by atoms with E-state index in [4.69, 9.17) is 4.52 Å². The molecule has 1 aromatic heterocycles. The van der Waals surface area contributed by atoms with Gasteiger partial charge in [-0.2, -0.15) is 4.98 Å². The Kier molecular flexibility index (Phi) is 3.40. The zero-order valence-corrected chi connectivity index (χ0v) is 11.3. The van der Waals surface area contributed by atoms with Crippen molar-refractivity contribution in [2.45, 2.75) is 51.0 Å². The van der Waals surface area contributed by atoms with Crippen LogP contribution in [0.3, 0.4) is 0 Å². The van der Waals surface area contributed by atoms with Gasteiger partial charge in [0.25, 0.3) is 0 Å². The Balaban J connectivity index is 1.47. The molecule has 0 bridgehead atoms. The molecule has 0 aromatic carbocycles. The molecular formula is C13H20N4O2. The maximum Gasteiger partial charge on any atom is 0.317 e. The van der Waals surface area contributed by atoms with Crippen molar-refractivity contribution in [2.75, 3.05) is 13.1 Å². The molecule has 1 saturated carbocycles. The summed E-state index contributed by atoms with van der Waals surface area (Å²) in [7, 11) is 0. The van der Waals surface area contributed by atoms with E-state index in [0.717, 1.165) is 51.1 Å². The monoisotopic (exact) mass is 264 g/mol. The van der Waals surface area contributed by atoms with E-state index < -0.39 is 0 Å². The summed E-state index contributed by atoms with van der Waals surface area (Å²) in [4.78, 5) is 18.0. The number of rotatable bonds is 2. The Bertz CT molecular complexity index is 447. The van der Waals surface area contributed by atoms with Crippen molar-refractivity contribution in [3.63, 3.8) is 0 Å². The van der Waals surface area contributed by atoms with E-state index in [0.29, 0.717) is 17.8 Å². The van der Waals surface area contributed by atoms with Crippen molar-refractivity contribution < 1.29 is 9.32 Å². The van der Waals surface area contributed by atoms with Crippen LogP contribution in [0.15, 0.2) is 4.52 Å². The molecule has 1 aromatic rings. The van der Waals surface area contributed by atoms with Gasteiger partial charge in [0.2, 0.25) is 5.89 Å². The minimum absolute atomic E-state index is 0.100. The van der Waals surface area contributed by atoms with E-state index in [2.05, 4.69) is 15.5 Å². The normalized spacial score (nSPS) is 26.9. The van der Waals surface area contributed by atoms with Crippen molar-refractivity contribution >= 4 is 6.03 Å². The van der Waals surface area contributed by atoms with Crippen LogP contribution < -0.4 is 5.32 Å². The molecule has 1 aliphatic carbocycles. The zero-order valence-electron chi connectivity index (χ0n) is 11.3. The molecule has 0 spiro atoms. The lowest BCUT2D eigenvalue weighted by Gasteiger charge is -2.34. The minimum atomic E-state index is 0.100. The Hall–Kier alpha value is -1.59. The summed E-state index contributed by atoms with van der Waals surface area (Å²) >= 11 is 0.